The van der Waals surface area contributed by atoms with E-state index in [0.717, 1.165) is 5.56 Å². The van der Waals surface area contributed by atoms with E-state index < -0.39 is 17.9 Å². The highest BCUT2D eigenvalue weighted by Crippen LogP contribution is 2.39. The topological polar surface area (TPSA) is 66.8 Å². The monoisotopic (exact) mass is 277 g/mol. The third-order valence-corrected chi connectivity index (χ3v) is 3.72. The van der Waals surface area contributed by atoms with E-state index in [2.05, 4.69) is 0 Å². The number of carboxylic acid groups (broad SMARTS) is 1. The molecular weight excluding hydrogens is 258 g/mol. The van der Waals surface area contributed by atoms with Gasteiger partial charge in [-0.1, -0.05) is 18.2 Å². The molecule has 0 radical (unpaired) electrons. The first kappa shape index (κ1) is 14.4. The number of rotatable bonds is 4. The van der Waals surface area contributed by atoms with Gasteiger partial charge in [0.25, 0.3) is 0 Å². The Hall–Kier alpha value is -2.04. The number of carboxylic acids is 1. The van der Waals surface area contributed by atoms with Gasteiger partial charge in [-0.05, 0) is 19.4 Å². The fourth-order valence-corrected chi connectivity index (χ4v) is 2.73. The lowest BCUT2D eigenvalue weighted by atomic mass is 9.84. The van der Waals surface area contributed by atoms with Crippen LogP contribution >= 0.6 is 0 Å². The SMILES string of the molecule is CCOc1ccccc1[C@H]1[C@@H](C(=O)O)CCC(=O)N1C. The van der Waals surface area contributed by atoms with Crippen molar-refractivity contribution >= 4 is 11.9 Å². The molecule has 1 saturated heterocycles. The first-order chi connectivity index (χ1) is 9.56. The Labute approximate surface area is 118 Å². The molecule has 1 amide bonds. The Bertz CT molecular complexity index is 514. The average molecular weight is 277 g/mol. The molecule has 5 heteroatoms. The van der Waals surface area contributed by atoms with Crippen molar-refractivity contribution in [2.24, 2.45) is 5.92 Å². The molecule has 2 rings (SSSR count). The van der Waals surface area contributed by atoms with Gasteiger partial charge in [-0.25, -0.2) is 0 Å². The van der Waals surface area contributed by atoms with Gasteiger partial charge in [-0.3, -0.25) is 9.59 Å². The Morgan fingerprint density at radius 1 is 1.45 bits per heavy atom. The number of ether oxygens (including phenoxy) is 1. The maximum absolute atomic E-state index is 11.9. The summed E-state index contributed by atoms with van der Waals surface area (Å²) in [5, 5.41) is 9.42. The van der Waals surface area contributed by atoms with Crippen LogP contribution in [0, 0.1) is 5.92 Å². The number of carbonyl (C=O) groups is 2. The highest BCUT2D eigenvalue weighted by Gasteiger charge is 2.40. The van der Waals surface area contributed by atoms with Crippen LogP contribution in [-0.2, 0) is 9.59 Å². The number of para-hydroxylation sites is 1. The Morgan fingerprint density at radius 3 is 2.80 bits per heavy atom. The van der Waals surface area contributed by atoms with E-state index in [4.69, 9.17) is 4.74 Å². The summed E-state index contributed by atoms with van der Waals surface area (Å²) >= 11 is 0. The second kappa shape index (κ2) is 5.94. The van der Waals surface area contributed by atoms with Gasteiger partial charge in [0.2, 0.25) is 5.91 Å². The van der Waals surface area contributed by atoms with Gasteiger partial charge in [-0.15, -0.1) is 0 Å². The zero-order chi connectivity index (χ0) is 14.7. The highest BCUT2D eigenvalue weighted by molar-refractivity contribution is 5.81. The first-order valence-corrected chi connectivity index (χ1v) is 6.76. The Morgan fingerprint density at radius 2 is 2.15 bits per heavy atom. The summed E-state index contributed by atoms with van der Waals surface area (Å²) in [5.41, 5.74) is 0.761. The van der Waals surface area contributed by atoms with Crippen molar-refractivity contribution in [2.75, 3.05) is 13.7 Å². The summed E-state index contributed by atoms with van der Waals surface area (Å²) in [6.07, 6.45) is 0.643. The number of aliphatic carboxylic acids is 1. The lowest BCUT2D eigenvalue weighted by molar-refractivity contribution is -0.150. The summed E-state index contributed by atoms with van der Waals surface area (Å²) in [4.78, 5) is 24.9. The molecule has 0 aliphatic carbocycles. The minimum atomic E-state index is -0.874. The number of nitrogens with zero attached hydrogens (tertiary/aromatic N) is 1. The largest absolute Gasteiger partial charge is 0.494 e. The molecule has 1 aliphatic rings. The zero-order valence-corrected chi connectivity index (χ0v) is 11.7. The number of hydrogen-bond acceptors (Lipinski definition) is 3. The highest BCUT2D eigenvalue weighted by atomic mass is 16.5. The normalized spacial score (nSPS) is 22.7. The molecule has 1 N–H and O–H groups in total. The number of hydrogen-bond donors (Lipinski definition) is 1. The van der Waals surface area contributed by atoms with Crippen molar-refractivity contribution < 1.29 is 19.4 Å². The first-order valence-electron chi connectivity index (χ1n) is 6.76. The molecule has 0 bridgehead atoms. The van der Waals surface area contributed by atoms with Crippen LogP contribution in [0.1, 0.15) is 31.4 Å². The van der Waals surface area contributed by atoms with E-state index in [1.807, 2.05) is 31.2 Å². The van der Waals surface area contributed by atoms with Gasteiger partial charge in [0, 0.05) is 19.0 Å². The molecule has 0 spiro atoms. The molecular formula is C15H19NO4. The molecule has 1 fully saturated rings. The smallest absolute Gasteiger partial charge is 0.308 e. The van der Waals surface area contributed by atoms with E-state index in [1.165, 1.54) is 4.90 Å². The average Bonchev–Trinajstić information content (AvgIpc) is 2.42. The summed E-state index contributed by atoms with van der Waals surface area (Å²) in [6.45, 7) is 2.38. The van der Waals surface area contributed by atoms with Gasteiger partial charge in [-0.2, -0.15) is 0 Å². The Balaban J connectivity index is 2.44. The second-order valence-corrected chi connectivity index (χ2v) is 4.90. The molecule has 1 aliphatic heterocycles. The zero-order valence-electron chi connectivity index (χ0n) is 11.7. The molecule has 0 saturated carbocycles. The van der Waals surface area contributed by atoms with Crippen LogP contribution in [0.2, 0.25) is 0 Å². The van der Waals surface area contributed by atoms with Crippen LogP contribution in [0.4, 0.5) is 0 Å². The maximum atomic E-state index is 11.9. The van der Waals surface area contributed by atoms with E-state index in [9.17, 15) is 14.7 Å². The van der Waals surface area contributed by atoms with E-state index in [-0.39, 0.29) is 12.3 Å². The van der Waals surface area contributed by atoms with Crippen molar-refractivity contribution in [2.45, 2.75) is 25.8 Å². The van der Waals surface area contributed by atoms with E-state index in [0.29, 0.717) is 18.8 Å². The van der Waals surface area contributed by atoms with E-state index in [1.54, 1.807) is 7.05 Å². The molecule has 1 heterocycles. The second-order valence-electron chi connectivity index (χ2n) is 4.90. The number of amides is 1. The number of likely N-dealkylation sites (tertiary alicyclic amines) is 1. The summed E-state index contributed by atoms with van der Waals surface area (Å²) in [7, 11) is 1.66. The summed E-state index contributed by atoms with van der Waals surface area (Å²) in [5.74, 6) is -0.855. The quantitative estimate of drug-likeness (QED) is 0.915. The Kier molecular flexibility index (Phi) is 4.27. The minimum absolute atomic E-state index is 0.0289. The molecule has 5 nitrogen and oxygen atoms in total. The molecule has 1 aromatic rings. The van der Waals surface area contributed by atoms with Crippen molar-refractivity contribution in [1.82, 2.24) is 4.90 Å². The third kappa shape index (κ3) is 2.61. The van der Waals surface area contributed by atoms with Crippen LogP contribution in [0.15, 0.2) is 24.3 Å². The van der Waals surface area contributed by atoms with Crippen LogP contribution < -0.4 is 4.74 Å². The van der Waals surface area contributed by atoms with Crippen molar-refractivity contribution in [3.63, 3.8) is 0 Å². The van der Waals surface area contributed by atoms with Gasteiger partial charge in [0.05, 0.1) is 18.6 Å². The number of piperidine rings is 1. The van der Waals surface area contributed by atoms with E-state index >= 15 is 0 Å². The van der Waals surface area contributed by atoms with Crippen molar-refractivity contribution in [1.29, 1.82) is 0 Å². The molecule has 20 heavy (non-hydrogen) atoms. The van der Waals surface area contributed by atoms with Gasteiger partial charge < -0.3 is 14.7 Å². The fraction of sp³-hybridized carbons (Fsp3) is 0.467. The number of carbonyl (C=O) groups excluding carboxylic acids is 1. The summed E-state index contributed by atoms with van der Waals surface area (Å²) in [6, 6.07) is 6.85. The lowest BCUT2D eigenvalue weighted by Crippen LogP contribution is -2.43. The summed E-state index contributed by atoms with van der Waals surface area (Å²) < 4.78 is 5.57. The van der Waals surface area contributed by atoms with Crippen LogP contribution in [0.5, 0.6) is 5.75 Å². The fourth-order valence-electron chi connectivity index (χ4n) is 2.73. The van der Waals surface area contributed by atoms with Gasteiger partial charge in [0.15, 0.2) is 0 Å². The minimum Gasteiger partial charge on any atom is -0.494 e. The molecule has 0 aromatic heterocycles. The van der Waals surface area contributed by atoms with Crippen LogP contribution in [0.3, 0.4) is 0 Å². The van der Waals surface area contributed by atoms with Gasteiger partial charge in [0.1, 0.15) is 5.75 Å². The molecule has 0 unspecified atom stereocenters. The lowest BCUT2D eigenvalue weighted by Gasteiger charge is -2.37. The maximum Gasteiger partial charge on any atom is 0.308 e. The predicted octanol–water partition coefficient (Wildman–Crippen LogP) is 2.08. The number of benzene rings is 1. The van der Waals surface area contributed by atoms with Crippen LogP contribution in [-0.4, -0.2) is 35.5 Å². The molecule has 1 aromatic carbocycles. The third-order valence-electron chi connectivity index (χ3n) is 3.72. The molecule has 2 atom stereocenters. The predicted molar refractivity (Wildman–Crippen MR) is 73.5 cm³/mol. The van der Waals surface area contributed by atoms with Crippen molar-refractivity contribution in [3.8, 4) is 5.75 Å². The van der Waals surface area contributed by atoms with Crippen LogP contribution in [0.25, 0.3) is 0 Å². The van der Waals surface area contributed by atoms with Crippen molar-refractivity contribution in [3.05, 3.63) is 29.8 Å². The molecule has 108 valence electrons. The standard InChI is InChI=1S/C15H19NO4/c1-3-20-12-7-5-4-6-10(12)14-11(15(18)19)8-9-13(17)16(14)2/h4-7,11,14H,3,8-9H2,1-2H3,(H,18,19)/t11-,14-/m0/s1. The van der Waals surface area contributed by atoms with Gasteiger partial charge >= 0.3 is 5.97 Å².